The van der Waals surface area contributed by atoms with Gasteiger partial charge in [-0.3, -0.25) is 0 Å². The second-order valence-corrected chi connectivity index (χ2v) is 4.06. The molecule has 0 atom stereocenters. The highest BCUT2D eigenvalue weighted by molar-refractivity contribution is 8.05. The minimum Gasteiger partial charge on any atom is -0.131 e. The number of rotatable bonds is 1. The van der Waals surface area contributed by atoms with Gasteiger partial charge in [-0.15, -0.1) is 22.8 Å². The summed E-state index contributed by atoms with van der Waals surface area (Å²) < 4.78 is 1.53. The van der Waals surface area contributed by atoms with Gasteiger partial charge in [-0.2, -0.15) is 0 Å². The monoisotopic (exact) mass is 188 g/mol. The highest BCUT2D eigenvalue weighted by Crippen LogP contribution is 2.22. The smallest absolute Gasteiger partial charge is 0.131 e. The molecule has 0 saturated heterocycles. The molecule has 0 unspecified atom stereocenters. The molecule has 0 aliphatic carbocycles. The Kier molecular flexibility index (Phi) is 3.06. The lowest BCUT2D eigenvalue weighted by Gasteiger charge is -1.75. The van der Waals surface area contributed by atoms with Crippen molar-refractivity contribution in [3.63, 3.8) is 0 Å². The molecular weight excluding hydrogens is 184 g/mol. The third-order valence-corrected chi connectivity index (χ3v) is 2.58. The molecule has 0 N–H and O–H groups in total. The highest BCUT2D eigenvalue weighted by Gasteiger charge is 1.97. The Morgan fingerprint density at radius 1 is 1.60 bits per heavy atom. The summed E-state index contributed by atoms with van der Waals surface area (Å²) in [6.07, 6.45) is 0. The van der Waals surface area contributed by atoms with Gasteiger partial charge in [-0.25, -0.2) is 0 Å². The summed E-state index contributed by atoms with van der Waals surface area (Å²) in [4.78, 5) is 0. The van der Waals surface area contributed by atoms with E-state index in [0.29, 0.717) is 4.34 Å². The zero-order chi connectivity index (χ0) is 7.40. The van der Waals surface area contributed by atoms with E-state index in [0.717, 1.165) is 4.34 Å². The SMILES string of the molecule is CC#CSc1nnc(S)s1. The van der Waals surface area contributed by atoms with Crippen LogP contribution in [0.1, 0.15) is 6.92 Å². The molecule has 0 spiro atoms. The Hall–Kier alpha value is -0.180. The molecule has 0 radical (unpaired) electrons. The first kappa shape index (κ1) is 7.92. The van der Waals surface area contributed by atoms with Crippen LogP contribution in [0.3, 0.4) is 0 Å². The van der Waals surface area contributed by atoms with Crippen molar-refractivity contribution in [3.8, 4) is 11.2 Å². The van der Waals surface area contributed by atoms with E-state index >= 15 is 0 Å². The van der Waals surface area contributed by atoms with Gasteiger partial charge in [0.2, 0.25) is 0 Å². The van der Waals surface area contributed by atoms with Crippen LogP contribution >= 0.6 is 35.7 Å². The zero-order valence-corrected chi connectivity index (χ0v) is 7.69. The van der Waals surface area contributed by atoms with Gasteiger partial charge in [-0.05, 0) is 23.9 Å². The molecule has 0 fully saturated rings. The quantitative estimate of drug-likeness (QED) is 0.414. The fourth-order valence-electron chi connectivity index (χ4n) is 0.338. The van der Waals surface area contributed by atoms with Crippen molar-refractivity contribution in [2.75, 3.05) is 0 Å². The van der Waals surface area contributed by atoms with Crippen molar-refractivity contribution in [2.24, 2.45) is 0 Å². The number of aromatic nitrogens is 2. The maximum atomic E-state index is 4.01. The molecule has 0 aliphatic heterocycles. The summed E-state index contributed by atoms with van der Waals surface area (Å²) in [7, 11) is 0. The maximum absolute atomic E-state index is 4.01. The number of hydrogen-bond donors (Lipinski definition) is 1. The first-order valence-corrected chi connectivity index (χ1v) is 4.52. The fraction of sp³-hybridized carbons (Fsp3) is 0.200. The van der Waals surface area contributed by atoms with E-state index in [1.54, 1.807) is 6.92 Å². The first-order valence-electron chi connectivity index (χ1n) is 2.44. The van der Waals surface area contributed by atoms with Crippen molar-refractivity contribution >= 4 is 35.7 Å². The van der Waals surface area contributed by atoms with Crippen LogP contribution in [0.2, 0.25) is 0 Å². The van der Waals surface area contributed by atoms with Gasteiger partial charge in [0.25, 0.3) is 0 Å². The standard InChI is InChI=1S/C5H4N2S3/c1-2-3-9-5-7-6-4(8)10-5/h1H3,(H,6,8). The summed E-state index contributed by atoms with van der Waals surface area (Å²) >= 11 is 6.82. The van der Waals surface area contributed by atoms with Crippen molar-refractivity contribution in [3.05, 3.63) is 0 Å². The molecular formula is C5H4N2S3. The third-order valence-electron chi connectivity index (χ3n) is 0.636. The molecule has 0 amide bonds. The number of hydrogen-bond acceptors (Lipinski definition) is 5. The Labute approximate surface area is 72.9 Å². The molecule has 5 heteroatoms. The lowest BCUT2D eigenvalue weighted by atomic mass is 10.9. The van der Waals surface area contributed by atoms with Crippen molar-refractivity contribution in [1.29, 1.82) is 0 Å². The molecule has 0 saturated carbocycles. The Morgan fingerprint density at radius 2 is 2.40 bits per heavy atom. The molecule has 2 nitrogen and oxygen atoms in total. The average molecular weight is 188 g/mol. The number of nitrogens with zero attached hydrogens (tertiary/aromatic N) is 2. The number of thiol groups is 1. The second kappa shape index (κ2) is 3.86. The Morgan fingerprint density at radius 3 is 2.90 bits per heavy atom. The van der Waals surface area contributed by atoms with Crippen LogP contribution in [0.25, 0.3) is 0 Å². The average Bonchev–Trinajstić information content (AvgIpc) is 2.31. The van der Waals surface area contributed by atoms with Crippen LogP contribution < -0.4 is 0 Å². The molecule has 1 aromatic rings. The summed E-state index contributed by atoms with van der Waals surface area (Å²) in [6.45, 7) is 1.79. The normalized spacial score (nSPS) is 8.60. The molecule has 0 aromatic carbocycles. The van der Waals surface area contributed by atoms with E-state index in [9.17, 15) is 0 Å². The molecule has 0 bridgehead atoms. The van der Waals surface area contributed by atoms with Crippen molar-refractivity contribution in [1.82, 2.24) is 10.2 Å². The molecule has 10 heavy (non-hydrogen) atoms. The van der Waals surface area contributed by atoms with E-state index in [-0.39, 0.29) is 0 Å². The minimum atomic E-state index is 0.681. The van der Waals surface area contributed by atoms with Crippen molar-refractivity contribution in [2.45, 2.75) is 15.6 Å². The van der Waals surface area contributed by atoms with Gasteiger partial charge in [0.05, 0.1) is 0 Å². The fourth-order valence-corrected chi connectivity index (χ4v) is 1.95. The lowest BCUT2D eigenvalue weighted by Crippen LogP contribution is -1.66. The predicted octanol–water partition coefficient (Wildman–Crippen LogP) is 1.90. The van der Waals surface area contributed by atoms with E-state index in [2.05, 4.69) is 34.0 Å². The summed E-state index contributed by atoms with van der Waals surface area (Å²) in [6, 6.07) is 0. The molecule has 52 valence electrons. The van der Waals surface area contributed by atoms with E-state index < -0.39 is 0 Å². The van der Waals surface area contributed by atoms with Gasteiger partial charge in [0.15, 0.2) is 8.68 Å². The molecule has 0 aliphatic rings. The van der Waals surface area contributed by atoms with Gasteiger partial charge in [0, 0.05) is 0 Å². The highest BCUT2D eigenvalue weighted by atomic mass is 32.2. The van der Waals surface area contributed by atoms with Gasteiger partial charge < -0.3 is 0 Å². The van der Waals surface area contributed by atoms with Crippen LogP contribution in [0.15, 0.2) is 8.68 Å². The molecule has 1 heterocycles. The van der Waals surface area contributed by atoms with E-state index in [1.165, 1.54) is 23.1 Å². The topological polar surface area (TPSA) is 25.8 Å². The second-order valence-electron chi connectivity index (χ2n) is 1.30. The van der Waals surface area contributed by atoms with Crippen molar-refractivity contribution < 1.29 is 0 Å². The summed E-state index contributed by atoms with van der Waals surface area (Å²) in [5.74, 6) is 2.75. The van der Waals surface area contributed by atoms with Crippen LogP contribution in [0.5, 0.6) is 0 Å². The van der Waals surface area contributed by atoms with Crippen LogP contribution in [0.4, 0.5) is 0 Å². The third kappa shape index (κ3) is 2.21. The number of thioether (sulfide) groups is 1. The zero-order valence-electron chi connectivity index (χ0n) is 5.16. The Balaban J connectivity index is 2.64. The molecule has 1 rings (SSSR count). The Bertz CT molecular complexity index is 270. The predicted molar refractivity (Wildman–Crippen MR) is 46.5 cm³/mol. The minimum absolute atomic E-state index is 0.681. The van der Waals surface area contributed by atoms with Gasteiger partial charge in [0.1, 0.15) is 0 Å². The largest absolute Gasteiger partial charge is 0.187 e. The summed E-state index contributed by atoms with van der Waals surface area (Å²) in [5, 5.41) is 10.3. The van der Waals surface area contributed by atoms with Crippen LogP contribution in [-0.2, 0) is 0 Å². The van der Waals surface area contributed by atoms with Gasteiger partial charge in [-0.1, -0.05) is 17.3 Å². The maximum Gasteiger partial charge on any atom is 0.187 e. The van der Waals surface area contributed by atoms with Crippen LogP contribution in [-0.4, -0.2) is 10.2 Å². The van der Waals surface area contributed by atoms with Crippen LogP contribution in [0, 0.1) is 11.2 Å². The first-order chi connectivity index (χ1) is 4.83. The van der Waals surface area contributed by atoms with Gasteiger partial charge >= 0.3 is 0 Å². The molecule has 1 aromatic heterocycles. The van der Waals surface area contributed by atoms with E-state index in [1.807, 2.05) is 0 Å². The lowest BCUT2D eigenvalue weighted by molar-refractivity contribution is 0.959. The van der Waals surface area contributed by atoms with E-state index in [4.69, 9.17) is 0 Å². The summed E-state index contributed by atoms with van der Waals surface area (Å²) in [5.41, 5.74) is 0.